The van der Waals surface area contributed by atoms with Gasteiger partial charge in [-0.05, 0) is 62.7 Å². The number of aromatic nitrogens is 3. The summed E-state index contributed by atoms with van der Waals surface area (Å²) >= 11 is 0. The first-order valence-electron chi connectivity index (χ1n) is 12.8. The van der Waals surface area contributed by atoms with Gasteiger partial charge in [0.25, 0.3) is 5.91 Å². The van der Waals surface area contributed by atoms with Gasteiger partial charge in [-0.1, -0.05) is 12.1 Å². The summed E-state index contributed by atoms with van der Waals surface area (Å²) in [6.45, 7) is 5.67. The highest BCUT2D eigenvalue weighted by Gasteiger charge is 2.21. The Bertz CT molecular complexity index is 1820. The highest BCUT2D eigenvalue weighted by molar-refractivity contribution is 6.04. The van der Waals surface area contributed by atoms with Crippen molar-refractivity contribution in [2.45, 2.75) is 26.8 Å². The third-order valence-electron chi connectivity index (χ3n) is 6.60. The fraction of sp³-hybridized carbons (Fsp3) is 0.161. The first-order chi connectivity index (χ1) is 19.7. The first kappa shape index (κ1) is 27.4. The van der Waals surface area contributed by atoms with Crippen molar-refractivity contribution in [2.24, 2.45) is 0 Å². The Morgan fingerprint density at radius 2 is 1.76 bits per heavy atom. The molecule has 0 bridgehead atoms. The molecule has 208 valence electrons. The smallest absolute Gasteiger partial charge is 0.262 e. The van der Waals surface area contributed by atoms with E-state index in [1.54, 1.807) is 19.1 Å². The third-order valence-corrected chi connectivity index (χ3v) is 6.60. The molecular formula is C31H26F2N4O4. The number of anilines is 1. The monoisotopic (exact) mass is 556 g/mol. The number of amides is 1. The maximum absolute atomic E-state index is 14.1. The number of rotatable bonds is 7. The van der Waals surface area contributed by atoms with Crippen molar-refractivity contribution in [3.8, 4) is 28.4 Å². The van der Waals surface area contributed by atoms with Gasteiger partial charge in [-0.3, -0.25) is 14.6 Å². The molecule has 3 heterocycles. The molecular weight excluding hydrogens is 530 g/mol. The number of ether oxygens (including phenoxy) is 2. The van der Waals surface area contributed by atoms with Crippen LogP contribution in [-0.2, 0) is 0 Å². The van der Waals surface area contributed by atoms with Crippen LogP contribution in [-0.4, -0.2) is 27.6 Å². The van der Waals surface area contributed by atoms with Gasteiger partial charge >= 0.3 is 0 Å². The molecule has 41 heavy (non-hydrogen) atoms. The van der Waals surface area contributed by atoms with Crippen molar-refractivity contribution in [1.29, 1.82) is 0 Å². The maximum Gasteiger partial charge on any atom is 0.262 e. The largest absolute Gasteiger partial charge is 0.494 e. The minimum atomic E-state index is -0.636. The van der Waals surface area contributed by atoms with Crippen molar-refractivity contribution >= 4 is 22.6 Å². The van der Waals surface area contributed by atoms with E-state index in [0.29, 0.717) is 39.2 Å². The Hall–Kier alpha value is -5.12. The summed E-state index contributed by atoms with van der Waals surface area (Å²) in [5.41, 5.74) is 1.35. The SMILES string of the molecule is COc1cc2c(Oc3ccc(NC(=O)c4cn(C(C)C)c(C)c(-c5ccc(F)cc5)c4=O)nc3)ccnc2cc1F. The lowest BCUT2D eigenvalue weighted by atomic mass is 10.0. The van der Waals surface area contributed by atoms with E-state index < -0.39 is 23.0 Å². The number of nitrogens with one attached hydrogen (secondary N) is 1. The van der Waals surface area contributed by atoms with E-state index in [1.807, 2.05) is 18.4 Å². The normalized spacial score (nSPS) is 11.1. The van der Waals surface area contributed by atoms with Gasteiger partial charge in [0.2, 0.25) is 5.43 Å². The fourth-order valence-corrected chi connectivity index (χ4v) is 4.57. The van der Waals surface area contributed by atoms with Crippen LogP contribution < -0.4 is 20.2 Å². The second-order valence-electron chi connectivity index (χ2n) is 9.59. The summed E-state index contributed by atoms with van der Waals surface area (Å²) < 4.78 is 40.5. The van der Waals surface area contributed by atoms with Crippen LogP contribution in [0.1, 0.15) is 35.9 Å². The molecule has 5 rings (SSSR count). The first-order valence-corrected chi connectivity index (χ1v) is 12.8. The number of carbonyl (C=O) groups is 1. The Kier molecular flexibility index (Phi) is 7.47. The lowest BCUT2D eigenvalue weighted by Crippen LogP contribution is -2.27. The summed E-state index contributed by atoms with van der Waals surface area (Å²) in [6, 6.07) is 13.1. The third kappa shape index (κ3) is 5.49. The van der Waals surface area contributed by atoms with Gasteiger partial charge in [0.05, 0.1) is 18.8 Å². The number of pyridine rings is 3. The van der Waals surface area contributed by atoms with E-state index in [-0.39, 0.29) is 23.2 Å². The Balaban J connectivity index is 1.42. The molecule has 1 amide bonds. The summed E-state index contributed by atoms with van der Waals surface area (Å²) in [7, 11) is 1.37. The molecule has 0 aliphatic heterocycles. The molecule has 3 aromatic heterocycles. The molecule has 0 saturated carbocycles. The topological polar surface area (TPSA) is 95.3 Å². The zero-order chi connectivity index (χ0) is 29.3. The zero-order valence-electron chi connectivity index (χ0n) is 22.7. The summed E-state index contributed by atoms with van der Waals surface area (Å²) in [6.07, 6.45) is 4.43. The lowest BCUT2D eigenvalue weighted by Gasteiger charge is -2.20. The maximum atomic E-state index is 14.1. The highest BCUT2D eigenvalue weighted by Crippen LogP contribution is 2.33. The second kappa shape index (κ2) is 11.2. The Morgan fingerprint density at radius 1 is 1.00 bits per heavy atom. The molecule has 0 spiro atoms. The van der Waals surface area contributed by atoms with Crippen LogP contribution in [0.2, 0.25) is 0 Å². The van der Waals surface area contributed by atoms with Crippen LogP contribution in [0.25, 0.3) is 22.0 Å². The Morgan fingerprint density at radius 3 is 2.41 bits per heavy atom. The molecule has 5 aromatic rings. The molecule has 0 unspecified atom stereocenters. The van der Waals surface area contributed by atoms with Crippen LogP contribution in [0.15, 0.2) is 78.0 Å². The van der Waals surface area contributed by atoms with Gasteiger partial charge < -0.3 is 19.4 Å². The predicted octanol–water partition coefficient (Wildman–Crippen LogP) is 6.68. The van der Waals surface area contributed by atoms with E-state index in [4.69, 9.17) is 9.47 Å². The van der Waals surface area contributed by atoms with Crippen LogP contribution in [0.4, 0.5) is 14.6 Å². The number of methoxy groups -OCH3 is 1. The standard InChI is InChI=1S/C31H26F2N4O4/c1-17(2)37-16-23(30(38)29(18(37)3)19-5-7-20(32)8-6-19)31(39)36-28-10-9-21(15-35-28)41-26-11-12-34-25-14-24(33)27(40-4)13-22(25)26/h5-17H,1-4H3,(H,35,36,39). The minimum absolute atomic E-state index is 0.0448. The minimum Gasteiger partial charge on any atom is -0.494 e. The Labute approximate surface area is 234 Å². The molecule has 0 atom stereocenters. The molecule has 2 aromatic carbocycles. The molecule has 10 heteroatoms. The van der Waals surface area contributed by atoms with Crippen molar-refractivity contribution in [1.82, 2.24) is 14.5 Å². The van der Waals surface area contributed by atoms with Gasteiger partial charge in [-0.25, -0.2) is 13.8 Å². The molecule has 1 N–H and O–H groups in total. The molecule has 0 radical (unpaired) electrons. The van der Waals surface area contributed by atoms with Crippen molar-refractivity contribution in [2.75, 3.05) is 12.4 Å². The van der Waals surface area contributed by atoms with Gasteiger partial charge in [0, 0.05) is 41.1 Å². The predicted molar refractivity (Wildman–Crippen MR) is 152 cm³/mol. The fourth-order valence-electron chi connectivity index (χ4n) is 4.57. The van der Waals surface area contributed by atoms with Gasteiger partial charge in [0.15, 0.2) is 11.6 Å². The van der Waals surface area contributed by atoms with Crippen LogP contribution in [0.5, 0.6) is 17.2 Å². The summed E-state index contributed by atoms with van der Waals surface area (Å²) in [5.74, 6) is -0.572. The number of carbonyl (C=O) groups excluding carboxylic acids is 1. The molecule has 0 fully saturated rings. The summed E-state index contributed by atoms with van der Waals surface area (Å²) in [5, 5.41) is 3.21. The van der Waals surface area contributed by atoms with E-state index >= 15 is 0 Å². The van der Waals surface area contributed by atoms with Crippen molar-refractivity contribution < 1.29 is 23.0 Å². The lowest BCUT2D eigenvalue weighted by molar-refractivity contribution is 0.102. The number of fused-ring (bicyclic) bond motifs is 1. The number of hydrogen-bond donors (Lipinski definition) is 1. The van der Waals surface area contributed by atoms with Gasteiger partial charge in [0.1, 0.15) is 28.7 Å². The second-order valence-corrected chi connectivity index (χ2v) is 9.59. The average molecular weight is 557 g/mol. The number of halogens is 2. The number of benzene rings is 2. The van der Waals surface area contributed by atoms with E-state index in [0.717, 1.165) is 0 Å². The van der Waals surface area contributed by atoms with Crippen molar-refractivity contribution in [3.05, 3.63) is 106 Å². The van der Waals surface area contributed by atoms with E-state index in [1.165, 1.54) is 68.2 Å². The zero-order valence-corrected chi connectivity index (χ0v) is 22.7. The highest BCUT2D eigenvalue weighted by atomic mass is 19.1. The molecule has 0 aliphatic rings. The van der Waals surface area contributed by atoms with Crippen LogP contribution in [0, 0.1) is 18.6 Å². The number of hydrogen-bond acceptors (Lipinski definition) is 6. The quantitative estimate of drug-likeness (QED) is 0.240. The van der Waals surface area contributed by atoms with Crippen molar-refractivity contribution in [3.63, 3.8) is 0 Å². The van der Waals surface area contributed by atoms with E-state index in [9.17, 15) is 18.4 Å². The number of nitrogens with zero attached hydrogens (tertiary/aromatic N) is 3. The van der Waals surface area contributed by atoms with Crippen LogP contribution >= 0.6 is 0 Å². The van der Waals surface area contributed by atoms with Crippen LogP contribution in [0.3, 0.4) is 0 Å². The molecule has 8 nitrogen and oxygen atoms in total. The van der Waals surface area contributed by atoms with Gasteiger partial charge in [-0.15, -0.1) is 0 Å². The molecule has 0 aliphatic carbocycles. The summed E-state index contributed by atoms with van der Waals surface area (Å²) in [4.78, 5) is 35.2. The average Bonchev–Trinajstić information content (AvgIpc) is 2.94. The van der Waals surface area contributed by atoms with Gasteiger partial charge in [-0.2, -0.15) is 0 Å². The van der Waals surface area contributed by atoms with E-state index in [2.05, 4.69) is 15.3 Å². The molecule has 0 saturated heterocycles.